The Labute approximate surface area is 96.2 Å². The molecule has 0 unspecified atom stereocenters. The summed E-state index contributed by atoms with van der Waals surface area (Å²) in [6.07, 6.45) is 0. The molecule has 4 nitrogen and oxygen atoms in total. The molecule has 0 aliphatic rings. The number of nitrogens with two attached hydrogens (primary N) is 1. The average molecular weight is 221 g/mol. The fourth-order valence-electron chi connectivity index (χ4n) is 1.41. The zero-order valence-electron chi connectivity index (χ0n) is 10.2. The smallest absolute Gasteiger partial charge is 0.319 e. The fourth-order valence-corrected chi connectivity index (χ4v) is 1.41. The third-order valence-corrected chi connectivity index (χ3v) is 2.43. The normalized spacial score (nSPS) is 10.3. The van der Waals surface area contributed by atoms with E-state index in [0.717, 1.165) is 11.1 Å². The zero-order chi connectivity index (χ0) is 12.3. The van der Waals surface area contributed by atoms with Crippen LogP contribution in [0, 0.1) is 13.8 Å². The van der Waals surface area contributed by atoms with Crippen LogP contribution in [0.5, 0.6) is 0 Å². The van der Waals surface area contributed by atoms with E-state index in [1.54, 1.807) is 6.07 Å². The molecular weight excluding hydrogens is 202 g/mol. The van der Waals surface area contributed by atoms with Crippen LogP contribution in [-0.2, 0) is 0 Å². The second-order valence-electron chi connectivity index (χ2n) is 4.22. The fraction of sp³-hybridized carbons (Fsp3) is 0.417. The van der Waals surface area contributed by atoms with Gasteiger partial charge in [0.25, 0.3) is 0 Å². The number of amides is 2. The van der Waals surface area contributed by atoms with Crippen molar-refractivity contribution < 1.29 is 4.79 Å². The van der Waals surface area contributed by atoms with Crippen LogP contribution in [0.3, 0.4) is 0 Å². The quantitative estimate of drug-likeness (QED) is 0.671. The lowest BCUT2D eigenvalue weighted by atomic mass is 10.1. The summed E-state index contributed by atoms with van der Waals surface area (Å²) in [5.41, 5.74) is 9.21. The molecule has 0 saturated heterocycles. The summed E-state index contributed by atoms with van der Waals surface area (Å²) in [6.45, 7) is 7.75. The number of nitrogen functional groups attached to an aromatic ring is 1. The van der Waals surface area contributed by atoms with Crippen molar-refractivity contribution in [2.75, 3.05) is 11.1 Å². The number of carbonyl (C=O) groups excluding carboxylic acids is 1. The SMILES string of the molecule is Cc1ccc(N)c(NC(=O)NC(C)C)c1C. The molecule has 88 valence electrons. The van der Waals surface area contributed by atoms with Crippen LogP contribution in [0.4, 0.5) is 16.2 Å². The molecule has 0 aliphatic heterocycles. The summed E-state index contributed by atoms with van der Waals surface area (Å²) in [4.78, 5) is 11.6. The van der Waals surface area contributed by atoms with Gasteiger partial charge in [-0.05, 0) is 44.9 Å². The van der Waals surface area contributed by atoms with Crippen LogP contribution < -0.4 is 16.4 Å². The van der Waals surface area contributed by atoms with Gasteiger partial charge in [0.1, 0.15) is 0 Å². The standard InChI is InChI=1S/C12H19N3O/c1-7(2)14-12(16)15-11-9(4)8(3)5-6-10(11)13/h5-7H,13H2,1-4H3,(H2,14,15,16). The highest BCUT2D eigenvalue weighted by molar-refractivity contribution is 5.94. The van der Waals surface area contributed by atoms with Gasteiger partial charge in [0.2, 0.25) is 0 Å². The summed E-state index contributed by atoms with van der Waals surface area (Å²) in [7, 11) is 0. The largest absolute Gasteiger partial charge is 0.397 e. The molecule has 0 aromatic heterocycles. The minimum Gasteiger partial charge on any atom is -0.397 e. The number of aryl methyl sites for hydroxylation is 1. The third kappa shape index (κ3) is 2.89. The van der Waals surface area contributed by atoms with Crippen molar-refractivity contribution in [2.45, 2.75) is 33.7 Å². The van der Waals surface area contributed by atoms with Gasteiger partial charge < -0.3 is 16.4 Å². The van der Waals surface area contributed by atoms with Gasteiger partial charge in [0.05, 0.1) is 11.4 Å². The van der Waals surface area contributed by atoms with E-state index in [1.165, 1.54) is 0 Å². The Balaban J connectivity index is 2.88. The summed E-state index contributed by atoms with van der Waals surface area (Å²) in [5.74, 6) is 0. The van der Waals surface area contributed by atoms with Gasteiger partial charge in [-0.15, -0.1) is 0 Å². The van der Waals surface area contributed by atoms with Gasteiger partial charge in [-0.3, -0.25) is 0 Å². The van der Waals surface area contributed by atoms with Gasteiger partial charge in [0, 0.05) is 6.04 Å². The van der Waals surface area contributed by atoms with E-state index in [1.807, 2.05) is 33.8 Å². The van der Waals surface area contributed by atoms with Crippen LogP contribution in [0.15, 0.2) is 12.1 Å². The molecule has 0 bridgehead atoms. The molecule has 1 rings (SSSR count). The molecule has 0 radical (unpaired) electrons. The van der Waals surface area contributed by atoms with E-state index >= 15 is 0 Å². The lowest BCUT2D eigenvalue weighted by Crippen LogP contribution is -2.34. The third-order valence-electron chi connectivity index (χ3n) is 2.43. The Kier molecular flexibility index (Phi) is 3.77. The summed E-state index contributed by atoms with van der Waals surface area (Å²) in [6, 6.07) is 3.62. The molecule has 1 aromatic rings. The average Bonchev–Trinajstić information content (AvgIpc) is 2.17. The lowest BCUT2D eigenvalue weighted by Gasteiger charge is -2.15. The van der Waals surface area contributed by atoms with E-state index in [-0.39, 0.29) is 12.1 Å². The molecular formula is C12H19N3O. The number of anilines is 2. The summed E-state index contributed by atoms with van der Waals surface area (Å²) < 4.78 is 0. The van der Waals surface area contributed by atoms with Gasteiger partial charge in [0.15, 0.2) is 0 Å². The van der Waals surface area contributed by atoms with Crippen molar-refractivity contribution >= 4 is 17.4 Å². The molecule has 0 aliphatic carbocycles. The number of hydrogen-bond donors (Lipinski definition) is 3. The first-order chi connectivity index (χ1) is 7.41. The predicted molar refractivity (Wildman–Crippen MR) is 67.6 cm³/mol. The van der Waals surface area contributed by atoms with E-state index in [0.29, 0.717) is 11.4 Å². The summed E-state index contributed by atoms with van der Waals surface area (Å²) >= 11 is 0. The number of benzene rings is 1. The minimum atomic E-state index is -0.226. The molecule has 2 amide bonds. The molecule has 4 N–H and O–H groups in total. The van der Waals surface area contributed by atoms with Crippen molar-refractivity contribution in [1.82, 2.24) is 5.32 Å². The van der Waals surface area contributed by atoms with Crippen LogP contribution in [-0.4, -0.2) is 12.1 Å². The van der Waals surface area contributed by atoms with E-state index < -0.39 is 0 Å². The first-order valence-corrected chi connectivity index (χ1v) is 5.35. The Morgan fingerprint density at radius 2 is 1.94 bits per heavy atom. The van der Waals surface area contributed by atoms with Gasteiger partial charge in [-0.2, -0.15) is 0 Å². The predicted octanol–water partition coefficient (Wildman–Crippen LogP) is 2.42. The first-order valence-electron chi connectivity index (χ1n) is 5.35. The number of rotatable bonds is 2. The maximum absolute atomic E-state index is 11.6. The summed E-state index contributed by atoms with van der Waals surface area (Å²) in [5, 5.41) is 5.54. The minimum absolute atomic E-state index is 0.103. The van der Waals surface area contributed by atoms with Crippen LogP contribution in [0.25, 0.3) is 0 Å². The van der Waals surface area contributed by atoms with E-state index in [2.05, 4.69) is 10.6 Å². The lowest BCUT2D eigenvalue weighted by molar-refractivity contribution is 0.250. The first kappa shape index (κ1) is 12.4. The van der Waals surface area contributed by atoms with Gasteiger partial charge >= 0.3 is 6.03 Å². The molecule has 0 spiro atoms. The molecule has 0 heterocycles. The second-order valence-corrected chi connectivity index (χ2v) is 4.22. The van der Waals surface area contributed by atoms with Crippen molar-refractivity contribution in [3.63, 3.8) is 0 Å². The molecule has 0 atom stereocenters. The van der Waals surface area contributed by atoms with Crippen LogP contribution in [0.2, 0.25) is 0 Å². The molecule has 1 aromatic carbocycles. The molecule has 16 heavy (non-hydrogen) atoms. The van der Waals surface area contributed by atoms with Crippen LogP contribution in [0.1, 0.15) is 25.0 Å². The van der Waals surface area contributed by atoms with Crippen molar-refractivity contribution in [2.24, 2.45) is 0 Å². The monoisotopic (exact) mass is 221 g/mol. The highest BCUT2D eigenvalue weighted by Crippen LogP contribution is 2.25. The maximum atomic E-state index is 11.6. The Morgan fingerprint density at radius 3 is 2.50 bits per heavy atom. The number of hydrogen-bond acceptors (Lipinski definition) is 2. The molecule has 0 saturated carbocycles. The van der Waals surface area contributed by atoms with Crippen molar-refractivity contribution in [3.8, 4) is 0 Å². The Hall–Kier alpha value is -1.71. The van der Waals surface area contributed by atoms with Gasteiger partial charge in [-0.1, -0.05) is 6.07 Å². The number of nitrogens with one attached hydrogen (secondary N) is 2. The Bertz CT molecular complexity index is 399. The second kappa shape index (κ2) is 4.88. The van der Waals surface area contributed by atoms with E-state index in [4.69, 9.17) is 5.73 Å². The number of urea groups is 1. The number of carbonyl (C=O) groups is 1. The molecule has 0 fully saturated rings. The highest BCUT2D eigenvalue weighted by Gasteiger charge is 2.09. The zero-order valence-corrected chi connectivity index (χ0v) is 10.2. The topological polar surface area (TPSA) is 67.1 Å². The van der Waals surface area contributed by atoms with Crippen molar-refractivity contribution in [1.29, 1.82) is 0 Å². The Morgan fingerprint density at radius 1 is 1.31 bits per heavy atom. The van der Waals surface area contributed by atoms with Crippen LogP contribution >= 0.6 is 0 Å². The highest BCUT2D eigenvalue weighted by atomic mass is 16.2. The maximum Gasteiger partial charge on any atom is 0.319 e. The van der Waals surface area contributed by atoms with Crippen molar-refractivity contribution in [3.05, 3.63) is 23.3 Å². The van der Waals surface area contributed by atoms with E-state index in [9.17, 15) is 4.79 Å². The van der Waals surface area contributed by atoms with Gasteiger partial charge in [-0.25, -0.2) is 4.79 Å². The molecule has 4 heteroatoms.